The van der Waals surface area contributed by atoms with Gasteiger partial charge >= 0.3 is 12.1 Å². The summed E-state index contributed by atoms with van der Waals surface area (Å²) >= 11 is 1.32. The van der Waals surface area contributed by atoms with Crippen LogP contribution < -0.4 is 21.5 Å². The molecular weight excluding hydrogens is 917 g/mol. The predicted molar refractivity (Wildman–Crippen MR) is 259 cm³/mol. The number of carbonyl (C=O) groups is 6. The van der Waals surface area contributed by atoms with Gasteiger partial charge in [-0.05, 0) is 110 Å². The van der Waals surface area contributed by atoms with E-state index in [1.807, 2.05) is 64.8 Å². The van der Waals surface area contributed by atoms with E-state index in [1.165, 1.54) is 45.1 Å². The molecule has 1 aromatic carbocycles. The summed E-state index contributed by atoms with van der Waals surface area (Å²) in [6, 6.07) is 8.32. The number of nitrogens with one attached hydrogen (secondary N) is 4. The van der Waals surface area contributed by atoms with E-state index in [-0.39, 0.29) is 67.3 Å². The number of aryl methyl sites for hydroxylation is 1. The summed E-state index contributed by atoms with van der Waals surface area (Å²) in [5.74, 6) is -2.46. The van der Waals surface area contributed by atoms with Crippen LogP contribution in [0.4, 0.5) is 4.79 Å². The number of pyridine rings is 1. The third kappa shape index (κ3) is 15.8. The molecule has 5 rings (SSSR count). The van der Waals surface area contributed by atoms with E-state index < -0.39 is 47.9 Å². The van der Waals surface area contributed by atoms with Crippen molar-refractivity contribution in [1.29, 1.82) is 0 Å². The molecule has 1 unspecified atom stereocenters. The minimum absolute atomic E-state index is 0.0167. The number of thiazole rings is 1. The Hall–Kier alpha value is -4.92. The average Bonchev–Trinajstić information content (AvgIpc) is 3.80. The van der Waals surface area contributed by atoms with E-state index >= 15 is 0 Å². The van der Waals surface area contributed by atoms with Crippen LogP contribution in [0.2, 0.25) is 0 Å². The Kier molecular flexibility index (Phi) is 21.0. The van der Waals surface area contributed by atoms with E-state index in [2.05, 4.69) is 31.5 Å². The second kappa shape index (κ2) is 26.6. The first-order valence-corrected chi connectivity index (χ1v) is 26.4. The van der Waals surface area contributed by atoms with Crippen LogP contribution in [0.15, 0.2) is 53.0 Å². The minimum Gasteiger partial charge on any atom is -0.508 e. The van der Waals surface area contributed by atoms with Crippen LogP contribution in [0.5, 0.6) is 5.75 Å². The number of aromatic hydroxyl groups is 1. The third-order valence-corrected chi connectivity index (χ3v) is 15.3. The number of hydrogen-bond donors (Lipinski definition) is 5. The molecule has 6 atom stereocenters. The van der Waals surface area contributed by atoms with Crippen LogP contribution in [0, 0.1) is 11.8 Å². The zero-order valence-electron chi connectivity index (χ0n) is 39.3. The Labute approximate surface area is 405 Å². The third-order valence-electron chi connectivity index (χ3n) is 12.2. The van der Waals surface area contributed by atoms with Crippen molar-refractivity contribution in [2.45, 2.75) is 134 Å². The molecule has 2 aliphatic rings. The fraction of sp³-hybridized carbons (Fsp3) is 0.574. The van der Waals surface area contributed by atoms with Crippen molar-refractivity contribution >= 4 is 68.6 Å². The highest BCUT2D eigenvalue weighted by Gasteiger charge is 2.38. The molecule has 0 spiro atoms. The van der Waals surface area contributed by atoms with Crippen LogP contribution in [0.1, 0.15) is 119 Å². The molecule has 20 heteroatoms. The van der Waals surface area contributed by atoms with Gasteiger partial charge in [-0.15, -0.1) is 11.3 Å². The molecule has 1 aliphatic heterocycles. The number of fused-ring (bicyclic) bond motifs is 1. The Morgan fingerprint density at radius 2 is 1.84 bits per heavy atom. The topological polar surface area (TPSA) is 221 Å². The van der Waals surface area contributed by atoms with E-state index in [9.17, 15) is 33.9 Å². The van der Waals surface area contributed by atoms with Gasteiger partial charge in [-0.1, -0.05) is 70.4 Å². The molecule has 5 amide bonds. The number of phenols is 1. The lowest BCUT2D eigenvalue weighted by Crippen LogP contribution is -2.59. The summed E-state index contributed by atoms with van der Waals surface area (Å²) in [6.45, 7) is 10.5. The van der Waals surface area contributed by atoms with Crippen LogP contribution in [0.25, 0.3) is 0 Å². The summed E-state index contributed by atoms with van der Waals surface area (Å²) in [7, 11) is 4.86. The summed E-state index contributed by atoms with van der Waals surface area (Å²) in [4.78, 5) is 93.2. The number of carbonyl (C=O) groups excluding carboxylic acids is 6. The lowest BCUT2D eigenvalue weighted by Gasteiger charge is -2.39. The molecule has 3 aromatic rings. The number of nitrogens with zero attached hydrogens (tertiary/aromatic N) is 4. The smallest absolute Gasteiger partial charge is 0.426 e. The average molecular weight is 983 g/mol. The maximum Gasteiger partial charge on any atom is 0.426 e. The summed E-state index contributed by atoms with van der Waals surface area (Å²) in [5.41, 5.74) is 6.27. The number of aromatic nitrogens is 2. The molecule has 0 radical (unpaired) electrons. The Morgan fingerprint density at radius 1 is 1.03 bits per heavy atom. The second-order valence-electron chi connectivity index (χ2n) is 17.4. The number of ether oxygens (including phenoxy) is 2. The molecule has 1 saturated heterocycles. The minimum atomic E-state index is -0.829. The number of hydrogen-bond acceptors (Lipinski definition) is 15. The number of likely N-dealkylation sites (N-methyl/N-ethyl adjacent to an activating group) is 1. The molecule has 67 heavy (non-hydrogen) atoms. The maximum atomic E-state index is 14.7. The number of piperidine rings is 1. The highest BCUT2D eigenvalue weighted by Crippen LogP contribution is 2.35. The first-order valence-electron chi connectivity index (χ1n) is 23.2. The number of phenolic OH excluding ortho intramolecular Hbond substituents is 1. The fourth-order valence-corrected chi connectivity index (χ4v) is 10.8. The summed E-state index contributed by atoms with van der Waals surface area (Å²) in [6.07, 6.45) is 6.43. The molecule has 1 aliphatic carbocycles. The van der Waals surface area contributed by atoms with Gasteiger partial charge < -0.3 is 30.1 Å². The first-order chi connectivity index (χ1) is 32.2. The zero-order chi connectivity index (χ0) is 48.5. The number of amides is 5. The molecule has 366 valence electrons. The van der Waals surface area contributed by atoms with Crippen LogP contribution in [-0.2, 0) is 41.5 Å². The molecule has 3 heterocycles. The van der Waals surface area contributed by atoms with Gasteiger partial charge in [0, 0.05) is 42.3 Å². The molecule has 2 aromatic heterocycles. The number of hydrazine groups is 1. The molecule has 5 N–H and O–H groups in total. The fourth-order valence-electron chi connectivity index (χ4n) is 8.28. The van der Waals surface area contributed by atoms with Crippen molar-refractivity contribution in [3.63, 3.8) is 0 Å². The SMILES string of the molecule is CCCC(=O)OCN(C(=O)[C@@H](NC(=O)[C@H]1CCCCN1C)C(C)CC)[C@H](CCc1nc(C(=O)N[C@H]2Cc3ccc(O)cc3[C@H](C(=O)NNC(=O)OCCSSc3ccccn3)C2)cs1)C(C)C. The zero-order valence-corrected chi connectivity index (χ0v) is 41.7. The summed E-state index contributed by atoms with van der Waals surface area (Å²) in [5, 5.41) is 19.6. The van der Waals surface area contributed by atoms with Crippen molar-refractivity contribution in [3.8, 4) is 5.75 Å². The summed E-state index contributed by atoms with van der Waals surface area (Å²) < 4.78 is 10.9. The molecule has 0 saturated carbocycles. The number of benzene rings is 1. The van der Waals surface area contributed by atoms with Gasteiger partial charge in [-0.2, -0.15) is 0 Å². The van der Waals surface area contributed by atoms with Crippen LogP contribution in [-0.4, -0.2) is 117 Å². The monoisotopic (exact) mass is 982 g/mol. The normalized spacial score (nSPS) is 18.4. The number of esters is 1. The van der Waals surface area contributed by atoms with Crippen molar-refractivity contribution in [3.05, 3.63) is 69.8 Å². The van der Waals surface area contributed by atoms with E-state index in [0.717, 1.165) is 30.0 Å². The van der Waals surface area contributed by atoms with Gasteiger partial charge in [-0.3, -0.25) is 34.3 Å². The van der Waals surface area contributed by atoms with E-state index in [4.69, 9.17) is 9.47 Å². The van der Waals surface area contributed by atoms with Gasteiger partial charge in [0.1, 0.15) is 29.1 Å². The maximum absolute atomic E-state index is 14.7. The van der Waals surface area contributed by atoms with Crippen LogP contribution >= 0.6 is 32.9 Å². The van der Waals surface area contributed by atoms with E-state index in [0.29, 0.717) is 54.8 Å². The molecule has 1 fully saturated rings. The predicted octanol–water partition coefficient (Wildman–Crippen LogP) is 6.37. The van der Waals surface area contributed by atoms with Gasteiger partial charge in [-0.25, -0.2) is 20.2 Å². The quantitative estimate of drug-likeness (QED) is 0.0243. The largest absolute Gasteiger partial charge is 0.508 e. The number of rotatable bonds is 22. The Balaban J connectivity index is 1.21. The lowest BCUT2D eigenvalue weighted by molar-refractivity contribution is -0.159. The Bertz CT molecular complexity index is 2130. The van der Waals surface area contributed by atoms with E-state index in [1.54, 1.807) is 22.5 Å². The van der Waals surface area contributed by atoms with Crippen molar-refractivity contribution < 1.29 is 43.3 Å². The number of likely N-dealkylation sites (tertiary alicyclic amines) is 1. The second-order valence-corrected chi connectivity index (χ2v) is 20.8. The van der Waals surface area contributed by atoms with Crippen molar-refractivity contribution in [2.24, 2.45) is 11.8 Å². The van der Waals surface area contributed by atoms with Gasteiger partial charge in [0.2, 0.25) is 17.7 Å². The highest BCUT2D eigenvalue weighted by molar-refractivity contribution is 8.76. The molecule has 17 nitrogen and oxygen atoms in total. The van der Waals surface area contributed by atoms with Gasteiger partial charge in [0.25, 0.3) is 5.91 Å². The molecular formula is C47H66N8O9S3. The van der Waals surface area contributed by atoms with Gasteiger partial charge in [0.05, 0.1) is 17.0 Å². The Morgan fingerprint density at radius 3 is 2.55 bits per heavy atom. The highest BCUT2D eigenvalue weighted by atomic mass is 33.1. The standard InChI is InChI=1S/C47H66N8O9S3/c1-7-13-41(57)64-28-55(46(61)42(30(5)8-2)51-45(60)38-14-10-12-21-54(38)6)37(29(3)4)18-19-40-50-36(27-65-40)44(59)49-32-24-31-16-17-33(56)26-34(31)35(25-32)43(58)52-53-47(62)63-22-23-66-67-39-15-9-11-20-48-39/h9,11,15-17,20,26-27,29-30,32,35,37-38,42,56H,7-8,10,12-14,18-19,21-25,28H2,1-6H3,(H,49,59)(H,51,60)(H,52,58)(H,53,62)/t30?,32-,35+,37+,38+,42-/m0/s1. The first kappa shape index (κ1) is 53.0. The van der Waals surface area contributed by atoms with Gasteiger partial charge in [0.15, 0.2) is 6.73 Å². The van der Waals surface area contributed by atoms with Crippen molar-refractivity contribution in [1.82, 2.24) is 41.3 Å². The molecule has 0 bridgehead atoms. The lowest BCUT2D eigenvalue weighted by atomic mass is 9.79. The van der Waals surface area contributed by atoms with Crippen LogP contribution in [0.3, 0.4) is 0 Å². The van der Waals surface area contributed by atoms with Crippen molar-refractivity contribution in [2.75, 3.05) is 32.7 Å².